The minimum Gasteiger partial charge on any atom is -0.356 e. The van der Waals surface area contributed by atoms with E-state index in [1.165, 1.54) is 18.6 Å². The van der Waals surface area contributed by atoms with Crippen LogP contribution in [-0.2, 0) is 11.2 Å². The van der Waals surface area contributed by atoms with Gasteiger partial charge < -0.3 is 10.6 Å². The Kier molecular flexibility index (Phi) is 6.18. The molecule has 1 heterocycles. The van der Waals surface area contributed by atoms with Gasteiger partial charge in [0.25, 0.3) is 0 Å². The van der Waals surface area contributed by atoms with Crippen LogP contribution in [0.1, 0.15) is 31.7 Å². The van der Waals surface area contributed by atoms with E-state index in [1.807, 2.05) is 13.0 Å². The van der Waals surface area contributed by atoms with Gasteiger partial charge in [0.15, 0.2) is 0 Å². The second kappa shape index (κ2) is 8.13. The van der Waals surface area contributed by atoms with Crippen molar-refractivity contribution in [3.63, 3.8) is 0 Å². The number of halogens is 1. The highest BCUT2D eigenvalue weighted by molar-refractivity contribution is 5.78. The Morgan fingerprint density at radius 2 is 2.38 bits per heavy atom. The predicted octanol–water partition coefficient (Wildman–Crippen LogP) is 2.51. The number of nitrogens with one attached hydrogen (secondary N) is 2. The summed E-state index contributed by atoms with van der Waals surface area (Å²) >= 11 is 0. The summed E-state index contributed by atoms with van der Waals surface area (Å²) in [5.41, 5.74) is 0.951. The zero-order valence-corrected chi connectivity index (χ0v) is 12.7. The fourth-order valence-electron chi connectivity index (χ4n) is 2.74. The highest BCUT2D eigenvalue weighted by atomic mass is 19.1. The summed E-state index contributed by atoms with van der Waals surface area (Å²) in [6.07, 6.45) is 3.75. The standard InChI is InChI=1S/C17H25FN2O/c1-13(5-6-14-3-2-4-16(18)11-14)17(21)20-10-8-15-7-9-19-12-15/h2-4,11,13,15,19H,5-10,12H2,1H3,(H,20,21). The number of carbonyl (C=O) groups is 1. The van der Waals surface area contributed by atoms with Gasteiger partial charge in [0.2, 0.25) is 5.91 Å². The quantitative estimate of drug-likeness (QED) is 0.811. The molecule has 1 amide bonds. The van der Waals surface area contributed by atoms with Crippen LogP contribution in [0.4, 0.5) is 4.39 Å². The summed E-state index contributed by atoms with van der Waals surface area (Å²) in [7, 11) is 0. The van der Waals surface area contributed by atoms with Crippen LogP contribution in [0, 0.1) is 17.7 Å². The lowest BCUT2D eigenvalue weighted by atomic mass is 10.00. The van der Waals surface area contributed by atoms with Gasteiger partial charge in [0.1, 0.15) is 5.82 Å². The molecule has 1 fully saturated rings. The Morgan fingerprint density at radius 3 is 3.10 bits per heavy atom. The molecule has 0 saturated carbocycles. The average molecular weight is 292 g/mol. The third-order valence-electron chi connectivity index (χ3n) is 4.22. The Bertz CT molecular complexity index is 458. The number of carbonyl (C=O) groups excluding carboxylic acids is 1. The number of hydrogen-bond donors (Lipinski definition) is 2. The summed E-state index contributed by atoms with van der Waals surface area (Å²) in [4.78, 5) is 12.0. The number of aryl methyl sites for hydroxylation is 1. The molecule has 2 unspecified atom stereocenters. The monoisotopic (exact) mass is 292 g/mol. The van der Waals surface area contributed by atoms with Gasteiger partial charge in [0.05, 0.1) is 0 Å². The maximum Gasteiger partial charge on any atom is 0.222 e. The molecule has 4 heteroatoms. The minimum absolute atomic E-state index is 0.0324. The molecule has 0 aliphatic carbocycles. The minimum atomic E-state index is -0.213. The van der Waals surface area contributed by atoms with Crippen molar-refractivity contribution in [1.29, 1.82) is 0 Å². The van der Waals surface area contributed by atoms with Gasteiger partial charge in [-0.25, -0.2) is 4.39 Å². The summed E-state index contributed by atoms with van der Waals surface area (Å²) in [5, 5.41) is 6.35. The van der Waals surface area contributed by atoms with Gasteiger partial charge in [0, 0.05) is 12.5 Å². The topological polar surface area (TPSA) is 41.1 Å². The molecule has 0 radical (unpaired) electrons. The predicted molar refractivity (Wildman–Crippen MR) is 82.5 cm³/mol. The number of amides is 1. The second-order valence-electron chi connectivity index (χ2n) is 6.01. The highest BCUT2D eigenvalue weighted by Crippen LogP contribution is 2.13. The zero-order valence-electron chi connectivity index (χ0n) is 12.7. The van der Waals surface area contributed by atoms with Crippen LogP contribution in [0.25, 0.3) is 0 Å². The van der Waals surface area contributed by atoms with Crippen molar-refractivity contribution >= 4 is 5.91 Å². The first-order valence-electron chi connectivity index (χ1n) is 7.88. The van der Waals surface area contributed by atoms with E-state index >= 15 is 0 Å². The molecule has 1 aliphatic rings. The van der Waals surface area contributed by atoms with Gasteiger partial charge in [-0.1, -0.05) is 19.1 Å². The van der Waals surface area contributed by atoms with Gasteiger partial charge in [-0.3, -0.25) is 4.79 Å². The Hall–Kier alpha value is -1.42. The normalized spacial score (nSPS) is 19.4. The first-order chi connectivity index (χ1) is 10.1. The number of hydrogen-bond acceptors (Lipinski definition) is 2. The smallest absolute Gasteiger partial charge is 0.222 e. The van der Waals surface area contributed by atoms with Crippen LogP contribution in [0.15, 0.2) is 24.3 Å². The summed E-state index contributed by atoms with van der Waals surface area (Å²) in [6.45, 7) is 4.87. The van der Waals surface area contributed by atoms with Crippen molar-refractivity contribution in [1.82, 2.24) is 10.6 Å². The van der Waals surface area contributed by atoms with Crippen molar-refractivity contribution in [2.45, 2.75) is 32.6 Å². The molecular weight excluding hydrogens is 267 g/mol. The maximum atomic E-state index is 13.1. The SMILES string of the molecule is CC(CCc1cccc(F)c1)C(=O)NCCC1CCNC1. The lowest BCUT2D eigenvalue weighted by molar-refractivity contribution is -0.124. The van der Waals surface area contributed by atoms with E-state index in [9.17, 15) is 9.18 Å². The fraction of sp³-hybridized carbons (Fsp3) is 0.588. The molecule has 3 nitrogen and oxygen atoms in total. The van der Waals surface area contributed by atoms with E-state index in [2.05, 4.69) is 10.6 Å². The van der Waals surface area contributed by atoms with Crippen LogP contribution in [0.2, 0.25) is 0 Å². The number of benzene rings is 1. The van der Waals surface area contributed by atoms with E-state index in [4.69, 9.17) is 0 Å². The van der Waals surface area contributed by atoms with E-state index in [0.29, 0.717) is 5.92 Å². The van der Waals surface area contributed by atoms with Gasteiger partial charge in [-0.05, 0) is 62.4 Å². The molecule has 1 aromatic carbocycles. The van der Waals surface area contributed by atoms with E-state index < -0.39 is 0 Å². The molecule has 2 rings (SSSR count). The van der Waals surface area contributed by atoms with E-state index in [-0.39, 0.29) is 17.6 Å². The molecule has 1 aromatic rings. The third-order valence-corrected chi connectivity index (χ3v) is 4.22. The summed E-state index contributed by atoms with van der Waals surface area (Å²) in [6, 6.07) is 6.60. The first kappa shape index (κ1) is 16.0. The Labute approximate surface area is 126 Å². The van der Waals surface area contributed by atoms with E-state index in [0.717, 1.165) is 44.5 Å². The van der Waals surface area contributed by atoms with Crippen molar-refractivity contribution in [3.8, 4) is 0 Å². The van der Waals surface area contributed by atoms with Crippen molar-refractivity contribution in [2.24, 2.45) is 11.8 Å². The van der Waals surface area contributed by atoms with Crippen LogP contribution in [-0.4, -0.2) is 25.5 Å². The molecule has 0 bridgehead atoms. The molecule has 21 heavy (non-hydrogen) atoms. The highest BCUT2D eigenvalue weighted by Gasteiger charge is 2.16. The molecule has 116 valence electrons. The first-order valence-corrected chi connectivity index (χ1v) is 7.88. The van der Waals surface area contributed by atoms with E-state index in [1.54, 1.807) is 6.07 Å². The third kappa shape index (κ3) is 5.46. The van der Waals surface area contributed by atoms with Crippen LogP contribution >= 0.6 is 0 Å². The van der Waals surface area contributed by atoms with Crippen LogP contribution in [0.3, 0.4) is 0 Å². The van der Waals surface area contributed by atoms with Gasteiger partial charge in [-0.2, -0.15) is 0 Å². The average Bonchev–Trinajstić information content (AvgIpc) is 2.98. The summed E-state index contributed by atoms with van der Waals surface area (Å²) in [5.74, 6) is 0.565. The zero-order chi connectivity index (χ0) is 15.1. The molecule has 0 spiro atoms. The largest absolute Gasteiger partial charge is 0.356 e. The molecule has 2 atom stereocenters. The maximum absolute atomic E-state index is 13.1. The fourth-order valence-corrected chi connectivity index (χ4v) is 2.74. The van der Waals surface area contributed by atoms with Crippen molar-refractivity contribution < 1.29 is 9.18 Å². The summed E-state index contributed by atoms with van der Waals surface area (Å²) < 4.78 is 13.1. The van der Waals surface area contributed by atoms with Gasteiger partial charge >= 0.3 is 0 Å². The Morgan fingerprint density at radius 1 is 1.52 bits per heavy atom. The van der Waals surface area contributed by atoms with Crippen LogP contribution in [0.5, 0.6) is 0 Å². The Balaban J connectivity index is 1.64. The molecular formula is C17H25FN2O. The molecule has 1 aliphatic heterocycles. The second-order valence-corrected chi connectivity index (χ2v) is 6.01. The number of rotatable bonds is 7. The molecule has 1 saturated heterocycles. The molecule has 2 N–H and O–H groups in total. The lowest BCUT2D eigenvalue weighted by Crippen LogP contribution is -2.31. The van der Waals surface area contributed by atoms with Crippen molar-refractivity contribution in [2.75, 3.05) is 19.6 Å². The van der Waals surface area contributed by atoms with Crippen LogP contribution < -0.4 is 10.6 Å². The van der Waals surface area contributed by atoms with Crippen molar-refractivity contribution in [3.05, 3.63) is 35.6 Å². The molecule has 0 aromatic heterocycles. The van der Waals surface area contributed by atoms with Gasteiger partial charge in [-0.15, -0.1) is 0 Å². The lowest BCUT2D eigenvalue weighted by Gasteiger charge is -2.14.